The molecule has 0 aliphatic carbocycles. The van der Waals surface area contributed by atoms with Crippen molar-refractivity contribution in [3.8, 4) is 0 Å². The van der Waals surface area contributed by atoms with Crippen LogP contribution in [0.3, 0.4) is 0 Å². The number of carbonyl (C=O) groups excluding carboxylic acids is 1. The molecule has 0 radical (unpaired) electrons. The zero-order valence-corrected chi connectivity index (χ0v) is 11.5. The molecule has 1 aromatic heterocycles. The molecule has 1 aromatic carbocycles. The van der Waals surface area contributed by atoms with Crippen LogP contribution in [0.1, 0.15) is 12.6 Å². The molecule has 0 unspecified atom stereocenters. The van der Waals surface area contributed by atoms with E-state index in [9.17, 15) is 9.18 Å². The summed E-state index contributed by atoms with van der Waals surface area (Å²) in [6, 6.07) is 11.2. The fourth-order valence-electron chi connectivity index (χ4n) is 1.57. The smallest absolute Gasteiger partial charge is 0.259 e. The Kier molecular flexibility index (Phi) is 4.98. The van der Waals surface area contributed by atoms with Crippen LogP contribution in [0.25, 0.3) is 0 Å². The van der Waals surface area contributed by atoms with Gasteiger partial charge in [-0.1, -0.05) is 6.07 Å². The van der Waals surface area contributed by atoms with E-state index in [2.05, 4.69) is 20.8 Å². The number of hydrogen-bond acceptors (Lipinski definition) is 4. The summed E-state index contributed by atoms with van der Waals surface area (Å²) in [5, 5.41) is 6.85. The quantitative estimate of drug-likeness (QED) is 0.654. The molecule has 0 bridgehead atoms. The first-order chi connectivity index (χ1) is 10.1. The number of halogens is 1. The summed E-state index contributed by atoms with van der Waals surface area (Å²) in [4.78, 5) is 15.8. The number of nitrogens with one attached hydrogen (secondary N) is 2. The second-order valence-corrected chi connectivity index (χ2v) is 4.31. The maximum atomic E-state index is 12.7. The van der Waals surface area contributed by atoms with E-state index in [1.165, 1.54) is 12.1 Å². The molecule has 0 saturated carbocycles. The minimum Gasteiger partial charge on any atom is -0.376 e. The van der Waals surface area contributed by atoms with Gasteiger partial charge in [-0.15, -0.1) is 0 Å². The van der Waals surface area contributed by atoms with Crippen molar-refractivity contribution in [3.63, 3.8) is 0 Å². The van der Waals surface area contributed by atoms with Gasteiger partial charge in [-0.2, -0.15) is 5.10 Å². The molecule has 1 heterocycles. The van der Waals surface area contributed by atoms with Crippen molar-refractivity contribution in [2.24, 2.45) is 5.10 Å². The minimum absolute atomic E-state index is 0.0463. The van der Waals surface area contributed by atoms with E-state index < -0.39 is 0 Å². The van der Waals surface area contributed by atoms with Gasteiger partial charge in [0.25, 0.3) is 5.91 Å². The first-order valence-corrected chi connectivity index (χ1v) is 6.39. The molecule has 5 nitrogen and oxygen atoms in total. The highest BCUT2D eigenvalue weighted by molar-refractivity contribution is 5.97. The monoisotopic (exact) mass is 286 g/mol. The summed E-state index contributed by atoms with van der Waals surface area (Å²) in [6.45, 7) is 1.81. The minimum atomic E-state index is -0.319. The lowest BCUT2D eigenvalue weighted by molar-refractivity contribution is -0.119. The number of aromatic nitrogens is 1. The van der Waals surface area contributed by atoms with Crippen LogP contribution in [0.15, 0.2) is 53.8 Å². The maximum Gasteiger partial charge on any atom is 0.259 e. The maximum absolute atomic E-state index is 12.7. The van der Waals surface area contributed by atoms with E-state index in [1.54, 1.807) is 25.3 Å². The number of amides is 1. The van der Waals surface area contributed by atoms with Crippen molar-refractivity contribution < 1.29 is 9.18 Å². The highest BCUT2D eigenvalue weighted by atomic mass is 19.1. The normalized spacial score (nSPS) is 11.0. The molecule has 2 rings (SSSR count). The zero-order valence-electron chi connectivity index (χ0n) is 11.5. The third kappa shape index (κ3) is 4.68. The molecule has 108 valence electrons. The van der Waals surface area contributed by atoms with Crippen LogP contribution < -0.4 is 10.7 Å². The molecule has 0 spiro atoms. The second kappa shape index (κ2) is 7.14. The van der Waals surface area contributed by atoms with Gasteiger partial charge in [0.05, 0.1) is 18.0 Å². The first kappa shape index (κ1) is 14.6. The van der Waals surface area contributed by atoms with E-state index in [0.717, 1.165) is 0 Å². The Hall–Kier alpha value is -2.76. The third-order valence-electron chi connectivity index (χ3n) is 2.68. The van der Waals surface area contributed by atoms with Gasteiger partial charge in [0.15, 0.2) is 0 Å². The Labute approximate surface area is 121 Å². The number of rotatable bonds is 5. The molecule has 0 aliphatic heterocycles. The molecule has 0 aliphatic rings. The standard InChI is InChI=1S/C15H15FN4O/c1-11(14-4-2-3-9-17-14)19-20-15(21)10-18-13-7-5-12(16)6-8-13/h2-9,18H,10H2,1H3,(H,20,21)/b19-11+. The van der Waals surface area contributed by atoms with Gasteiger partial charge in [-0.3, -0.25) is 9.78 Å². The highest BCUT2D eigenvalue weighted by Crippen LogP contribution is 2.07. The number of anilines is 1. The Balaban J connectivity index is 1.83. The van der Waals surface area contributed by atoms with Crippen LogP contribution in [-0.2, 0) is 4.79 Å². The molecular formula is C15H15FN4O. The fourth-order valence-corrected chi connectivity index (χ4v) is 1.57. The Morgan fingerprint density at radius 3 is 2.67 bits per heavy atom. The molecule has 21 heavy (non-hydrogen) atoms. The molecule has 0 saturated heterocycles. The zero-order chi connectivity index (χ0) is 15.1. The molecular weight excluding hydrogens is 271 g/mol. The average Bonchev–Trinajstić information content (AvgIpc) is 2.53. The topological polar surface area (TPSA) is 66.4 Å². The summed E-state index contributed by atoms with van der Waals surface area (Å²) in [6.07, 6.45) is 1.66. The number of carbonyl (C=O) groups is 1. The van der Waals surface area contributed by atoms with Crippen molar-refractivity contribution in [1.82, 2.24) is 10.4 Å². The number of benzene rings is 1. The van der Waals surface area contributed by atoms with E-state index in [0.29, 0.717) is 17.1 Å². The van der Waals surface area contributed by atoms with Crippen LogP contribution in [0.4, 0.5) is 10.1 Å². The van der Waals surface area contributed by atoms with Crippen LogP contribution in [-0.4, -0.2) is 23.1 Å². The molecule has 1 amide bonds. The fraction of sp³-hybridized carbons (Fsp3) is 0.133. The van der Waals surface area contributed by atoms with Gasteiger partial charge in [-0.05, 0) is 43.3 Å². The van der Waals surface area contributed by atoms with Crippen molar-refractivity contribution >= 4 is 17.3 Å². The average molecular weight is 286 g/mol. The summed E-state index contributed by atoms with van der Waals surface area (Å²) in [7, 11) is 0. The van der Waals surface area contributed by atoms with Crippen LogP contribution in [0.5, 0.6) is 0 Å². The number of pyridine rings is 1. The van der Waals surface area contributed by atoms with Crippen molar-refractivity contribution in [3.05, 3.63) is 60.2 Å². The van der Waals surface area contributed by atoms with Crippen LogP contribution in [0, 0.1) is 5.82 Å². The molecule has 6 heteroatoms. The number of hydrogen-bond donors (Lipinski definition) is 2. The molecule has 2 aromatic rings. The Morgan fingerprint density at radius 2 is 2.00 bits per heavy atom. The first-order valence-electron chi connectivity index (χ1n) is 6.39. The van der Waals surface area contributed by atoms with Crippen LogP contribution >= 0.6 is 0 Å². The Bertz CT molecular complexity index is 626. The second-order valence-electron chi connectivity index (χ2n) is 4.31. The van der Waals surface area contributed by atoms with E-state index in [-0.39, 0.29) is 18.3 Å². The summed E-state index contributed by atoms with van der Waals surface area (Å²) < 4.78 is 12.7. The van der Waals surface area contributed by atoms with E-state index in [1.807, 2.05) is 18.2 Å². The van der Waals surface area contributed by atoms with Crippen LogP contribution in [0.2, 0.25) is 0 Å². The Morgan fingerprint density at radius 1 is 1.24 bits per heavy atom. The number of hydrazone groups is 1. The SMILES string of the molecule is C/C(=N\NC(=O)CNc1ccc(F)cc1)c1ccccn1. The van der Waals surface area contributed by atoms with E-state index >= 15 is 0 Å². The van der Waals surface area contributed by atoms with Crippen molar-refractivity contribution in [2.45, 2.75) is 6.92 Å². The van der Waals surface area contributed by atoms with Gasteiger partial charge in [0.1, 0.15) is 5.82 Å². The summed E-state index contributed by atoms with van der Waals surface area (Å²) in [5.74, 6) is -0.616. The lowest BCUT2D eigenvalue weighted by Gasteiger charge is -2.05. The van der Waals surface area contributed by atoms with Gasteiger partial charge >= 0.3 is 0 Å². The number of nitrogens with zero attached hydrogens (tertiary/aromatic N) is 2. The van der Waals surface area contributed by atoms with E-state index in [4.69, 9.17) is 0 Å². The predicted molar refractivity (Wildman–Crippen MR) is 79.5 cm³/mol. The van der Waals surface area contributed by atoms with Crippen molar-refractivity contribution in [1.29, 1.82) is 0 Å². The van der Waals surface area contributed by atoms with Gasteiger partial charge in [0.2, 0.25) is 0 Å². The molecule has 0 fully saturated rings. The highest BCUT2D eigenvalue weighted by Gasteiger charge is 2.02. The lowest BCUT2D eigenvalue weighted by atomic mass is 10.3. The lowest BCUT2D eigenvalue weighted by Crippen LogP contribution is -2.26. The predicted octanol–water partition coefficient (Wildman–Crippen LogP) is 2.17. The van der Waals surface area contributed by atoms with Gasteiger partial charge in [0, 0.05) is 11.9 Å². The van der Waals surface area contributed by atoms with Gasteiger partial charge < -0.3 is 5.32 Å². The van der Waals surface area contributed by atoms with Crippen molar-refractivity contribution in [2.75, 3.05) is 11.9 Å². The largest absolute Gasteiger partial charge is 0.376 e. The third-order valence-corrected chi connectivity index (χ3v) is 2.68. The van der Waals surface area contributed by atoms with Gasteiger partial charge in [-0.25, -0.2) is 9.82 Å². The molecule has 2 N–H and O–H groups in total. The summed E-state index contributed by atoms with van der Waals surface area (Å²) >= 11 is 0. The summed E-state index contributed by atoms with van der Waals surface area (Å²) in [5.41, 5.74) is 4.41. The molecule has 0 atom stereocenters.